The van der Waals surface area contributed by atoms with Crippen LogP contribution in [0.3, 0.4) is 0 Å². The van der Waals surface area contributed by atoms with Gasteiger partial charge in [-0.2, -0.15) is 0 Å². The summed E-state index contributed by atoms with van der Waals surface area (Å²) >= 11 is 0. The van der Waals surface area contributed by atoms with Crippen molar-refractivity contribution in [1.82, 2.24) is 0 Å². The average Bonchev–Trinajstić information content (AvgIpc) is 2.30. The predicted molar refractivity (Wildman–Crippen MR) is 66.0 cm³/mol. The Kier molecular flexibility index (Phi) is 7.32. The van der Waals surface area contributed by atoms with Crippen LogP contribution in [0, 0.1) is 0 Å². The van der Waals surface area contributed by atoms with Crippen LogP contribution >= 0.6 is 0 Å². The largest absolute Gasteiger partial charge is 0.405 e. The van der Waals surface area contributed by atoms with Crippen LogP contribution in [-0.4, -0.2) is 30.9 Å². The molecule has 1 unspecified atom stereocenters. The molecule has 0 fully saturated rings. The van der Waals surface area contributed by atoms with Crippen molar-refractivity contribution >= 4 is 11.9 Å². The SMILES string of the molecule is CC(N=C/C(N)=C\N)C(/C=C\N)=NCC(F)F. The molecule has 0 aliphatic carbocycles. The number of alkyl halides is 2. The first-order valence-corrected chi connectivity index (χ1v) is 4.92. The summed E-state index contributed by atoms with van der Waals surface area (Å²) in [5.41, 5.74) is 16.4. The minimum absolute atomic E-state index is 0.279. The van der Waals surface area contributed by atoms with Crippen molar-refractivity contribution in [3.05, 3.63) is 24.2 Å². The minimum atomic E-state index is -2.50. The summed E-state index contributed by atoms with van der Waals surface area (Å²) in [5, 5.41) is 0. The van der Waals surface area contributed by atoms with Crippen LogP contribution in [0.4, 0.5) is 8.78 Å². The first-order valence-electron chi connectivity index (χ1n) is 4.92. The molecule has 0 saturated carbocycles. The van der Waals surface area contributed by atoms with Crippen LogP contribution in [0.5, 0.6) is 0 Å². The second-order valence-electron chi connectivity index (χ2n) is 3.14. The van der Waals surface area contributed by atoms with Gasteiger partial charge in [-0.3, -0.25) is 9.98 Å². The van der Waals surface area contributed by atoms with E-state index in [1.165, 1.54) is 24.7 Å². The van der Waals surface area contributed by atoms with Crippen molar-refractivity contribution in [2.45, 2.75) is 19.4 Å². The van der Waals surface area contributed by atoms with Crippen LogP contribution in [0.15, 0.2) is 34.2 Å². The van der Waals surface area contributed by atoms with Gasteiger partial charge in [0.1, 0.15) is 6.54 Å². The maximum Gasteiger partial charge on any atom is 0.257 e. The molecule has 0 heterocycles. The van der Waals surface area contributed by atoms with Crippen molar-refractivity contribution < 1.29 is 8.78 Å². The van der Waals surface area contributed by atoms with E-state index >= 15 is 0 Å². The zero-order valence-electron chi connectivity index (χ0n) is 9.55. The molecule has 6 N–H and O–H groups in total. The molecule has 0 radical (unpaired) electrons. The topological polar surface area (TPSA) is 103 Å². The van der Waals surface area contributed by atoms with Gasteiger partial charge in [0, 0.05) is 12.4 Å². The Bertz CT molecular complexity index is 334. The van der Waals surface area contributed by atoms with Gasteiger partial charge in [-0.15, -0.1) is 0 Å². The lowest BCUT2D eigenvalue weighted by Crippen LogP contribution is -2.16. The van der Waals surface area contributed by atoms with Crippen LogP contribution in [0.1, 0.15) is 6.92 Å². The van der Waals surface area contributed by atoms with E-state index in [4.69, 9.17) is 17.2 Å². The highest BCUT2D eigenvalue weighted by Gasteiger charge is 2.07. The molecule has 0 aromatic carbocycles. The zero-order chi connectivity index (χ0) is 13.3. The lowest BCUT2D eigenvalue weighted by Gasteiger charge is -2.06. The van der Waals surface area contributed by atoms with E-state index in [1.54, 1.807) is 6.92 Å². The Morgan fingerprint density at radius 1 is 1.35 bits per heavy atom. The number of aliphatic imine (C=N–C) groups is 2. The number of nitrogens with two attached hydrogens (primary N) is 3. The molecule has 96 valence electrons. The van der Waals surface area contributed by atoms with Crippen LogP contribution in [-0.2, 0) is 0 Å². The Hall–Kier alpha value is -1.92. The van der Waals surface area contributed by atoms with Gasteiger partial charge in [-0.05, 0) is 19.2 Å². The van der Waals surface area contributed by atoms with E-state index in [1.807, 2.05) is 0 Å². The van der Waals surface area contributed by atoms with E-state index in [0.717, 1.165) is 0 Å². The number of rotatable bonds is 6. The zero-order valence-corrected chi connectivity index (χ0v) is 9.55. The Labute approximate surface area is 98.8 Å². The third-order valence-electron chi connectivity index (χ3n) is 1.75. The van der Waals surface area contributed by atoms with Crippen molar-refractivity contribution in [2.24, 2.45) is 27.2 Å². The molecule has 0 saturated heterocycles. The molecule has 17 heavy (non-hydrogen) atoms. The summed E-state index contributed by atoms with van der Waals surface area (Å²) in [5.74, 6) is 0. The van der Waals surface area contributed by atoms with E-state index in [-0.39, 0.29) is 5.70 Å². The minimum Gasteiger partial charge on any atom is -0.405 e. The van der Waals surface area contributed by atoms with E-state index in [2.05, 4.69) is 9.98 Å². The van der Waals surface area contributed by atoms with Gasteiger partial charge in [0.05, 0.1) is 17.5 Å². The average molecular weight is 245 g/mol. The van der Waals surface area contributed by atoms with Crippen molar-refractivity contribution in [1.29, 1.82) is 0 Å². The quantitative estimate of drug-likeness (QED) is 0.589. The highest BCUT2D eigenvalue weighted by Crippen LogP contribution is 2.00. The van der Waals surface area contributed by atoms with E-state index in [9.17, 15) is 8.78 Å². The standard InChI is InChI=1S/C10H17F2N5/c1-7(16-5-8(15)4-14)9(2-3-13)17-6-10(11)12/h2-5,7,10H,6,13-15H2,1H3/b3-2-,8-4+,16-5?,17-9?. The van der Waals surface area contributed by atoms with Crippen molar-refractivity contribution in [3.8, 4) is 0 Å². The Morgan fingerprint density at radius 3 is 2.47 bits per heavy atom. The summed E-state index contributed by atoms with van der Waals surface area (Å²) in [6.07, 6.45) is 2.67. The maximum absolute atomic E-state index is 12.0. The molecular formula is C10H17F2N5. The smallest absolute Gasteiger partial charge is 0.257 e. The predicted octanol–water partition coefficient (Wildman–Crippen LogP) is 0.383. The monoisotopic (exact) mass is 245 g/mol. The molecule has 0 bridgehead atoms. The van der Waals surface area contributed by atoms with Gasteiger partial charge >= 0.3 is 0 Å². The first-order chi connectivity index (χ1) is 8.01. The molecule has 0 amide bonds. The molecule has 0 aromatic heterocycles. The van der Waals surface area contributed by atoms with Crippen LogP contribution < -0.4 is 17.2 Å². The lowest BCUT2D eigenvalue weighted by atomic mass is 10.2. The highest BCUT2D eigenvalue weighted by atomic mass is 19.3. The number of hydrogen-bond acceptors (Lipinski definition) is 5. The Balaban J connectivity index is 4.71. The number of halogens is 2. The van der Waals surface area contributed by atoms with E-state index < -0.39 is 19.0 Å². The number of hydrogen-bond donors (Lipinski definition) is 3. The fourth-order valence-electron chi connectivity index (χ4n) is 0.914. The molecule has 0 aliphatic heterocycles. The van der Waals surface area contributed by atoms with Gasteiger partial charge in [-0.25, -0.2) is 8.78 Å². The van der Waals surface area contributed by atoms with Crippen molar-refractivity contribution in [2.75, 3.05) is 6.54 Å². The summed E-state index contributed by atoms with van der Waals surface area (Å²) in [6, 6.07) is -0.424. The molecule has 0 aromatic rings. The highest BCUT2D eigenvalue weighted by molar-refractivity contribution is 6.00. The summed E-state index contributed by atoms with van der Waals surface area (Å²) in [4.78, 5) is 7.72. The third kappa shape index (κ3) is 7.04. The second kappa shape index (κ2) is 8.26. The Morgan fingerprint density at radius 2 is 2.00 bits per heavy atom. The van der Waals surface area contributed by atoms with Crippen LogP contribution in [0.25, 0.3) is 0 Å². The molecule has 0 aliphatic rings. The normalized spacial score (nSPS) is 16.2. The van der Waals surface area contributed by atoms with E-state index in [0.29, 0.717) is 5.71 Å². The summed E-state index contributed by atoms with van der Waals surface area (Å²) in [6.45, 7) is 1.10. The fraction of sp³-hybridized carbons (Fsp3) is 0.400. The molecule has 1 atom stereocenters. The molecule has 5 nitrogen and oxygen atoms in total. The number of allylic oxidation sites excluding steroid dienone is 1. The van der Waals surface area contributed by atoms with Gasteiger partial charge in [0.15, 0.2) is 0 Å². The second-order valence-corrected chi connectivity index (χ2v) is 3.14. The molecule has 0 spiro atoms. The molecular weight excluding hydrogens is 228 g/mol. The van der Waals surface area contributed by atoms with Crippen LogP contribution in [0.2, 0.25) is 0 Å². The third-order valence-corrected chi connectivity index (χ3v) is 1.75. The van der Waals surface area contributed by atoms with Crippen molar-refractivity contribution in [3.63, 3.8) is 0 Å². The van der Waals surface area contributed by atoms with Gasteiger partial charge < -0.3 is 17.2 Å². The number of nitrogens with zero attached hydrogens (tertiary/aromatic N) is 2. The summed E-state index contributed by atoms with van der Waals surface area (Å²) < 4.78 is 24.0. The lowest BCUT2D eigenvalue weighted by molar-refractivity contribution is 0.158. The maximum atomic E-state index is 12.0. The molecule has 0 rings (SSSR count). The summed E-state index contributed by atoms with van der Waals surface area (Å²) in [7, 11) is 0. The fourth-order valence-corrected chi connectivity index (χ4v) is 0.914. The van der Waals surface area contributed by atoms with Gasteiger partial charge in [0.2, 0.25) is 0 Å². The van der Waals surface area contributed by atoms with Gasteiger partial charge in [-0.1, -0.05) is 0 Å². The van der Waals surface area contributed by atoms with Gasteiger partial charge in [0.25, 0.3) is 6.43 Å². The molecule has 7 heteroatoms. The first kappa shape index (κ1) is 15.1.